The molecule has 8 heteroatoms. The number of fused-ring (bicyclic) bond motifs is 1. The summed E-state index contributed by atoms with van der Waals surface area (Å²) >= 11 is 1.61. The molecule has 0 bridgehead atoms. The molecule has 1 saturated heterocycles. The Morgan fingerprint density at radius 1 is 1.42 bits per heavy atom. The maximum absolute atomic E-state index is 12.4. The first kappa shape index (κ1) is 18.3. The van der Waals surface area contributed by atoms with E-state index in [1.54, 1.807) is 16.2 Å². The van der Waals surface area contributed by atoms with Crippen molar-refractivity contribution in [1.29, 1.82) is 0 Å². The van der Waals surface area contributed by atoms with Crippen LogP contribution < -0.4 is 10.2 Å². The zero-order chi connectivity index (χ0) is 18.7. The quantitative estimate of drug-likeness (QED) is 0.616. The third-order valence-electron chi connectivity index (χ3n) is 4.37. The Kier molecular flexibility index (Phi) is 5.51. The second-order valence-electron chi connectivity index (χ2n) is 6.26. The fourth-order valence-corrected chi connectivity index (χ4v) is 3.83. The highest BCUT2D eigenvalue weighted by atomic mass is 32.1. The molecule has 2 aromatic rings. The van der Waals surface area contributed by atoms with Gasteiger partial charge in [0.05, 0.1) is 28.3 Å². The van der Waals surface area contributed by atoms with Crippen LogP contribution in [0, 0.1) is 12.8 Å². The van der Waals surface area contributed by atoms with Gasteiger partial charge in [-0.1, -0.05) is 0 Å². The summed E-state index contributed by atoms with van der Waals surface area (Å²) in [5, 5.41) is 3.77. The van der Waals surface area contributed by atoms with Gasteiger partial charge in [0.2, 0.25) is 11.8 Å². The van der Waals surface area contributed by atoms with Crippen LogP contribution in [0.3, 0.4) is 0 Å². The number of methoxy groups -OCH3 is 1. The van der Waals surface area contributed by atoms with Gasteiger partial charge in [0.15, 0.2) is 0 Å². The van der Waals surface area contributed by atoms with E-state index in [2.05, 4.69) is 15.0 Å². The van der Waals surface area contributed by atoms with Crippen LogP contribution in [0.5, 0.6) is 0 Å². The fraction of sp³-hybridized carbons (Fsp3) is 0.444. The lowest BCUT2D eigenvalue weighted by molar-refractivity contribution is -0.140. The molecular formula is C18H21N3O4S. The number of esters is 1. The highest BCUT2D eigenvalue weighted by molar-refractivity contribution is 7.18. The van der Waals surface area contributed by atoms with Crippen molar-refractivity contribution in [2.75, 3.05) is 25.1 Å². The molecule has 26 heavy (non-hydrogen) atoms. The highest BCUT2D eigenvalue weighted by Gasteiger charge is 2.35. The molecule has 2 heterocycles. The minimum atomic E-state index is -0.381. The summed E-state index contributed by atoms with van der Waals surface area (Å²) < 4.78 is 5.64. The van der Waals surface area contributed by atoms with Gasteiger partial charge in [-0.25, -0.2) is 4.98 Å². The van der Waals surface area contributed by atoms with Gasteiger partial charge in [-0.15, -0.1) is 11.3 Å². The van der Waals surface area contributed by atoms with Crippen LogP contribution in [0.2, 0.25) is 0 Å². The number of ether oxygens (including phenoxy) is 1. The van der Waals surface area contributed by atoms with Crippen molar-refractivity contribution < 1.29 is 19.1 Å². The van der Waals surface area contributed by atoms with Crippen LogP contribution in [0.25, 0.3) is 10.2 Å². The first-order chi connectivity index (χ1) is 12.5. The van der Waals surface area contributed by atoms with Crippen LogP contribution in [0.4, 0.5) is 5.69 Å². The van der Waals surface area contributed by atoms with Gasteiger partial charge in [-0.05, 0) is 31.5 Å². The average molecular weight is 375 g/mol. The molecule has 1 aromatic carbocycles. The van der Waals surface area contributed by atoms with Crippen LogP contribution in [0.1, 0.15) is 24.3 Å². The van der Waals surface area contributed by atoms with E-state index in [0.29, 0.717) is 19.5 Å². The van der Waals surface area contributed by atoms with Crippen LogP contribution in [-0.2, 0) is 19.1 Å². The van der Waals surface area contributed by atoms with Crippen molar-refractivity contribution in [3.8, 4) is 0 Å². The summed E-state index contributed by atoms with van der Waals surface area (Å²) in [6.45, 7) is 2.70. The van der Waals surface area contributed by atoms with Gasteiger partial charge in [0.25, 0.3) is 0 Å². The van der Waals surface area contributed by atoms with Crippen molar-refractivity contribution in [3.63, 3.8) is 0 Å². The number of nitrogens with zero attached hydrogens (tertiary/aromatic N) is 2. The van der Waals surface area contributed by atoms with E-state index in [9.17, 15) is 14.4 Å². The van der Waals surface area contributed by atoms with E-state index in [4.69, 9.17) is 0 Å². The molecule has 3 rings (SSSR count). The third-order valence-corrected chi connectivity index (χ3v) is 5.32. The van der Waals surface area contributed by atoms with E-state index in [1.807, 2.05) is 25.1 Å². The minimum absolute atomic E-state index is 0.0639. The van der Waals surface area contributed by atoms with Gasteiger partial charge in [0, 0.05) is 31.6 Å². The van der Waals surface area contributed by atoms with Crippen molar-refractivity contribution in [1.82, 2.24) is 10.3 Å². The second kappa shape index (κ2) is 7.82. The molecule has 0 saturated carbocycles. The standard InChI is InChI=1S/C18H21N3O4S/c1-11-20-14-9-13(5-6-15(14)26-11)21-10-12(8-16(21)22)18(24)19-7-3-4-17(23)25-2/h5-6,9,12H,3-4,7-8,10H2,1-2H3,(H,19,24). The first-order valence-corrected chi connectivity index (χ1v) is 9.31. The minimum Gasteiger partial charge on any atom is -0.469 e. The predicted octanol–water partition coefficient (Wildman–Crippen LogP) is 2.03. The summed E-state index contributed by atoms with van der Waals surface area (Å²) in [5.41, 5.74) is 1.64. The smallest absolute Gasteiger partial charge is 0.305 e. The van der Waals surface area contributed by atoms with Gasteiger partial charge in [0.1, 0.15) is 0 Å². The van der Waals surface area contributed by atoms with E-state index in [1.165, 1.54) is 7.11 Å². The molecule has 1 fully saturated rings. The summed E-state index contributed by atoms with van der Waals surface area (Å²) in [6, 6.07) is 5.75. The average Bonchev–Trinajstić information content (AvgIpc) is 3.19. The molecule has 0 aliphatic carbocycles. The van der Waals surface area contributed by atoms with Crippen LogP contribution >= 0.6 is 11.3 Å². The van der Waals surface area contributed by atoms with E-state index in [0.717, 1.165) is 20.9 Å². The summed E-state index contributed by atoms with van der Waals surface area (Å²) in [5.74, 6) is -0.898. The molecule has 1 N–H and O–H groups in total. The number of carbonyl (C=O) groups is 3. The number of aryl methyl sites for hydroxylation is 1. The van der Waals surface area contributed by atoms with Crippen LogP contribution in [-0.4, -0.2) is 43.0 Å². The topological polar surface area (TPSA) is 88.6 Å². The van der Waals surface area contributed by atoms with Crippen molar-refractivity contribution in [2.45, 2.75) is 26.2 Å². The number of nitrogens with one attached hydrogen (secondary N) is 1. The Morgan fingerprint density at radius 2 is 2.23 bits per heavy atom. The molecule has 1 aliphatic rings. The number of anilines is 1. The van der Waals surface area contributed by atoms with Gasteiger partial charge in [-0.3, -0.25) is 14.4 Å². The number of benzene rings is 1. The predicted molar refractivity (Wildman–Crippen MR) is 99.1 cm³/mol. The van der Waals surface area contributed by atoms with E-state index >= 15 is 0 Å². The lowest BCUT2D eigenvalue weighted by Gasteiger charge is -2.16. The molecule has 0 spiro atoms. The largest absolute Gasteiger partial charge is 0.469 e. The highest BCUT2D eigenvalue weighted by Crippen LogP contribution is 2.30. The Balaban J connectivity index is 1.58. The van der Waals surface area contributed by atoms with Gasteiger partial charge in [-0.2, -0.15) is 0 Å². The maximum Gasteiger partial charge on any atom is 0.305 e. The van der Waals surface area contributed by atoms with E-state index in [-0.39, 0.29) is 36.5 Å². The summed E-state index contributed by atoms with van der Waals surface area (Å²) in [6.07, 6.45) is 0.971. The zero-order valence-corrected chi connectivity index (χ0v) is 15.6. The Hall–Kier alpha value is -2.48. The van der Waals surface area contributed by atoms with Gasteiger partial charge >= 0.3 is 5.97 Å². The Labute approximate surface area is 155 Å². The monoisotopic (exact) mass is 375 g/mol. The molecule has 1 unspecified atom stereocenters. The third kappa shape index (κ3) is 4.01. The van der Waals surface area contributed by atoms with E-state index < -0.39 is 0 Å². The molecule has 0 radical (unpaired) electrons. The molecular weight excluding hydrogens is 354 g/mol. The summed E-state index contributed by atoms with van der Waals surface area (Å²) in [7, 11) is 1.34. The lowest BCUT2D eigenvalue weighted by Crippen LogP contribution is -2.33. The molecule has 7 nitrogen and oxygen atoms in total. The fourth-order valence-electron chi connectivity index (χ4n) is 3.02. The SMILES string of the molecule is COC(=O)CCCNC(=O)C1CC(=O)N(c2ccc3sc(C)nc3c2)C1. The first-order valence-electron chi connectivity index (χ1n) is 8.50. The molecule has 1 atom stereocenters. The zero-order valence-electron chi connectivity index (χ0n) is 14.8. The van der Waals surface area contributed by atoms with Crippen molar-refractivity contribution in [2.24, 2.45) is 5.92 Å². The number of hydrogen-bond donors (Lipinski definition) is 1. The number of hydrogen-bond acceptors (Lipinski definition) is 6. The Morgan fingerprint density at radius 3 is 3.00 bits per heavy atom. The van der Waals surface area contributed by atoms with Crippen molar-refractivity contribution in [3.05, 3.63) is 23.2 Å². The molecule has 1 aromatic heterocycles. The normalized spacial score (nSPS) is 16.9. The summed E-state index contributed by atoms with van der Waals surface area (Å²) in [4.78, 5) is 41.8. The Bertz CT molecular complexity index is 848. The number of thiazole rings is 1. The lowest BCUT2D eigenvalue weighted by atomic mass is 10.1. The maximum atomic E-state index is 12.4. The number of carbonyl (C=O) groups excluding carboxylic acids is 3. The molecule has 138 valence electrons. The molecule has 2 amide bonds. The van der Waals surface area contributed by atoms with Crippen molar-refractivity contribution >= 4 is 45.0 Å². The van der Waals surface area contributed by atoms with Crippen LogP contribution in [0.15, 0.2) is 18.2 Å². The number of amides is 2. The van der Waals surface area contributed by atoms with Gasteiger partial charge < -0.3 is 15.0 Å². The molecule has 1 aliphatic heterocycles. The number of aromatic nitrogens is 1. The second-order valence-corrected chi connectivity index (χ2v) is 7.50. The number of rotatable bonds is 6.